The Morgan fingerprint density at radius 1 is 1.13 bits per heavy atom. The van der Waals surface area contributed by atoms with Crippen LogP contribution in [0, 0.1) is 0 Å². The van der Waals surface area contributed by atoms with Gasteiger partial charge in [-0.3, -0.25) is 4.99 Å². The third-order valence-electron chi connectivity index (χ3n) is 4.36. The molecule has 5 nitrogen and oxygen atoms in total. The van der Waals surface area contributed by atoms with Gasteiger partial charge in [0.1, 0.15) is 0 Å². The van der Waals surface area contributed by atoms with Gasteiger partial charge in [-0.2, -0.15) is 0 Å². The van der Waals surface area contributed by atoms with E-state index in [0.717, 1.165) is 51.1 Å². The molecular weight excluding hydrogens is 403 g/mol. The van der Waals surface area contributed by atoms with Crippen molar-refractivity contribution in [3.63, 3.8) is 0 Å². The number of nitrogens with zero attached hydrogens (tertiary/aromatic N) is 2. The fourth-order valence-corrected chi connectivity index (χ4v) is 2.99. The van der Waals surface area contributed by atoms with Gasteiger partial charge >= 0.3 is 0 Å². The Hall–Kier alpha value is -0.0800. The highest BCUT2D eigenvalue weighted by molar-refractivity contribution is 14.0. The first-order valence-corrected chi connectivity index (χ1v) is 9.00. The molecule has 6 heteroatoms. The number of guanidine groups is 1. The zero-order valence-corrected chi connectivity index (χ0v) is 17.6. The lowest BCUT2D eigenvalue weighted by Crippen LogP contribution is -2.40. The summed E-state index contributed by atoms with van der Waals surface area (Å²) in [7, 11) is 4.10. The minimum Gasteiger partial charge on any atom is -0.382 e. The molecule has 0 aromatic rings. The Labute approximate surface area is 160 Å². The van der Waals surface area contributed by atoms with Crippen LogP contribution in [0.3, 0.4) is 0 Å². The fourth-order valence-electron chi connectivity index (χ4n) is 2.99. The van der Waals surface area contributed by atoms with Crippen LogP contribution < -0.4 is 10.6 Å². The van der Waals surface area contributed by atoms with Gasteiger partial charge in [0, 0.05) is 39.4 Å². The molecule has 1 aliphatic carbocycles. The van der Waals surface area contributed by atoms with E-state index >= 15 is 0 Å². The van der Waals surface area contributed by atoms with Crippen molar-refractivity contribution in [2.75, 3.05) is 46.9 Å². The summed E-state index contributed by atoms with van der Waals surface area (Å²) in [5, 5.41) is 6.72. The van der Waals surface area contributed by atoms with Crippen LogP contribution in [0.1, 0.15) is 51.9 Å². The highest BCUT2D eigenvalue weighted by Crippen LogP contribution is 2.21. The van der Waals surface area contributed by atoms with E-state index in [1.54, 1.807) is 0 Å². The molecule has 1 rings (SSSR count). The minimum atomic E-state index is 0. The lowest BCUT2D eigenvalue weighted by atomic mass is 9.94. The van der Waals surface area contributed by atoms with Gasteiger partial charge < -0.3 is 20.3 Å². The number of ether oxygens (including phenoxy) is 1. The smallest absolute Gasteiger partial charge is 0.190 e. The first kappa shape index (κ1) is 22.9. The number of rotatable bonds is 10. The second-order valence-corrected chi connectivity index (χ2v) is 6.10. The van der Waals surface area contributed by atoms with Gasteiger partial charge in [0.25, 0.3) is 0 Å². The lowest BCUT2D eigenvalue weighted by molar-refractivity contribution is 0.145. The summed E-state index contributed by atoms with van der Waals surface area (Å²) in [4.78, 5) is 6.79. The zero-order valence-electron chi connectivity index (χ0n) is 15.3. The van der Waals surface area contributed by atoms with Crippen LogP contribution >= 0.6 is 24.0 Å². The van der Waals surface area contributed by atoms with Crippen molar-refractivity contribution in [3.8, 4) is 0 Å². The van der Waals surface area contributed by atoms with Gasteiger partial charge in [-0.1, -0.05) is 19.3 Å². The van der Waals surface area contributed by atoms with Crippen LogP contribution in [-0.4, -0.2) is 63.8 Å². The summed E-state index contributed by atoms with van der Waals surface area (Å²) in [5.41, 5.74) is 0. The normalized spacial score (nSPS) is 16.3. The summed E-state index contributed by atoms with van der Waals surface area (Å²) < 4.78 is 5.33. The largest absolute Gasteiger partial charge is 0.382 e. The van der Waals surface area contributed by atoms with Gasteiger partial charge in [0.05, 0.1) is 0 Å². The molecule has 0 aliphatic heterocycles. The predicted molar refractivity (Wildman–Crippen MR) is 110 cm³/mol. The highest BCUT2D eigenvalue weighted by Gasteiger charge is 2.17. The molecule has 0 aromatic heterocycles. The van der Waals surface area contributed by atoms with Crippen LogP contribution in [0.4, 0.5) is 0 Å². The van der Waals surface area contributed by atoms with E-state index in [4.69, 9.17) is 4.74 Å². The molecule has 0 heterocycles. The van der Waals surface area contributed by atoms with Crippen molar-refractivity contribution in [2.24, 2.45) is 4.99 Å². The second-order valence-electron chi connectivity index (χ2n) is 6.10. The third kappa shape index (κ3) is 11.2. The molecule has 1 fully saturated rings. The number of hydrogen-bond donors (Lipinski definition) is 2. The van der Waals surface area contributed by atoms with Crippen molar-refractivity contribution in [3.05, 3.63) is 0 Å². The molecule has 0 amide bonds. The Balaban J connectivity index is 0.00000484. The summed E-state index contributed by atoms with van der Waals surface area (Å²) in [6, 6.07) is 0.810. The van der Waals surface area contributed by atoms with Crippen molar-refractivity contribution in [2.45, 2.75) is 57.9 Å². The standard InChI is InChI=1S/C17H36N4O.HI/c1-4-22-15-9-13-20-17(18-2)19-12-8-14-21(3)16-10-6-5-7-11-16;/h16H,4-15H2,1-3H3,(H2,18,19,20);1H. The quantitative estimate of drug-likeness (QED) is 0.238. The minimum absolute atomic E-state index is 0. The van der Waals surface area contributed by atoms with E-state index in [2.05, 4.69) is 27.6 Å². The average molecular weight is 440 g/mol. The second kappa shape index (κ2) is 15.4. The monoisotopic (exact) mass is 440 g/mol. The molecule has 2 N–H and O–H groups in total. The van der Waals surface area contributed by atoms with Crippen molar-refractivity contribution in [1.29, 1.82) is 0 Å². The molecule has 138 valence electrons. The van der Waals surface area contributed by atoms with E-state index in [1.807, 2.05) is 14.0 Å². The van der Waals surface area contributed by atoms with Gasteiger partial charge in [-0.05, 0) is 46.2 Å². The topological polar surface area (TPSA) is 48.9 Å². The van der Waals surface area contributed by atoms with Crippen LogP contribution in [0.15, 0.2) is 4.99 Å². The van der Waals surface area contributed by atoms with Crippen LogP contribution in [0.25, 0.3) is 0 Å². The first-order chi connectivity index (χ1) is 10.8. The maximum absolute atomic E-state index is 5.33. The van der Waals surface area contributed by atoms with Crippen LogP contribution in [0.2, 0.25) is 0 Å². The van der Waals surface area contributed by atoms with E-state index in [0.29, 0.717) is 0 Å². The van der Waals surface area contributed by atoms with Crippen molar-refractivity contribution < 1.29 is 4.74 Å². The fraction of sp³-hybridized carbons (Fsp3) is 0.941. The summed E-state index contributed by atoms with van der Waals surface area (Å²) in [6.07, 6.45) is 9.18. The van der Waals surface area contributed by atoms with Gasteiger partial charge in [0.15, 0.2) is 5.96 Å². The Kier molecular flexibility index (Phi) is 15.4. The third-order valence-corrected chi connectivity index (χ3v) is 4.36. The predicted octanol–water partition coefficient (Wildman–Crippen LogP) is 2.85. The molecular formula is C17H37IN4O. The molecule has 1 aliphatic rings. The zero-order chi connectivity index (χ0) is 16.0. The average Bonchev–Trinajstić information content (AvgIpc) is 2.57. The first-order valence-electron chi connectivity index (χ1n) is 9.00. The Morgan fingerprint density at radius 2 is 1.78 bits per heavy atom. The molecule has 0 spiro atoms. The summed E-state index contributed by atoms with van der Waals surface area (Å²) in [6.45, 7) is 6.68. The molecule has 0 aromatic carbocycles. The molecule has 23 heavy (non-hydrogen) atoms. The molecule has 0 radical (unpaired) electrons. The lowest BCUT2D eigenvalue weighted by Gasteiger charge is -2.31. The summed E-state index contributed by atoms with van der Waals surface area (Å²) in [5.74, 6) is 0.900. The van der Waals surface area contributed by atoms with E-state index in [-0.39, 0.29) is 24.0 Å². The Bertz CT molecular complexity index is 296. The number of hydrogen-bond acceptors (Lipinski definition) is 3. The van der Waals surface area contributed by atoms with Gasteiger partial charge in [-0.15, -0.1) is 24.0 Å². The van der Waals surface area contributed by atoms with Crippen LogP contribution in [-0.2, 0) is 4.74 Å². The maximum atomic E-state index is 5.33. The molecule has 0 bridgehead atoms. The molecule has 0 saturated heterocycles. The highest BCUT2D eigenvalue weighted by atomic mass is 127. The van der Waals surface area contributed by atoms with Crippen molar-refractivity contribution >= 4 is 29.9 Å². The SMILES string of the molecule is CCOCCCNC(=NC)NCCCN(C)C1CCCCC1.I. The number of halogens is 1. The van der Waals surface area contributed by atoms with Crippen LogP contribution in [0.5, 0.6) is 0 Å². The van der Waals surface area contributed by atoms with Gasteiger partial charge in [0.2, 0.25) is 0 Å². The van der Waals surface area contributed by atoms with E-state index in [9.17, 15) is 0 Å². The molecule has 0 atom stereocenters. The summed E-state index contributed by atoms with van der Waals surface area (Å²) >= 11 is 0. The molecule has 0 unspecified atom stereocenters. The maximum Gasteiger partial charge on any atom is 0.190 e. The van der Waals surface area contributed by atoms with Gasteiger partial charge in [-0.25, -0.2) is 0 Å². The number of nitrogens with one attached hydrogen (secondary N) is 2. The van der Waals surface area contributed by atoms with E-state index < -0.39 is 0 Å². The van der Waals surface area contributed by atoms with Crippen molar-refractivity contribution in [1.82, 2.24) is 15.5 Å². The number of aliphatic imine (C=N–C) groups is 1. The van der Waals surface area contributed by atoms with E-state index in [1.165, 1.54) is 38.6 Å². The molecule has 1 saturated carbocycles. The Morgan fingerprint density at radius 3 is 2.39 bits per heavy atom.